The minimum absolute atomic E-state index is 0.265. The van der Waals surface area contributed by atoms with E-state index in [-0.39, 0.29) is 5.91 Å². The van der Waals surface area contributed by atoms with E-state index in [0.29, 0.717) is 11.5 Å². The molecule has 0 aromatic carbocycles. The van der Waals surface area contributed by atoms with Crippen molar-refractivity contribution in [1.29, 1.82) is 0 Å². The van der Waals surface area contributed by atoms with Crippen molar-refractivity contribution >= 4 is 17.5 Å². The molecule has 0 aliphatic carbocycles. The first kappa shape index (κ1) is 14.4. The van der Waals surface area contributed by atoms with Crippen molar-refractivity contribution in [3.63, 3.8) is 0 Å². The Morgan fingerprint density at radius 1 is 1.14 bits per heavy atom. The highest BCUT2D eigenvalue weighted by atomic mass is 16.1. The molecule has 0 bridgehead atoms. The number of piperidine rings is 1. The molecule has 1 aliphatic heterocycles. The second kappa shape index (κ2) is 6.51. The normalized spacial score (nSPS) is 14.7. The molecule has 0 saturated carbocycles. The van der Waals surface area contributed by atoms with E-state index in [9.17, 15) is 4.79 Å². The predicted molar refractivity (Wildman–Crippen MR) is 85.0 cm³/mol. The number of nitrogens with one attached hydrogen (secondary N) is 1. The van der Waals surface area contributed by atoms with Gasteiger partial charge in [-0.15, -0.1) is 0 Å². The average Bonchev–Trinajstić information content (AvgIpc) is 2.56. The molecule has 2 aromatic rings. The Labute approximate surface area is 129 Å². The molecule has 3 heterocycles. The van der Waals surface area contributed by atoms with Crippen LogP contribution in [0.2, 0.25) is 0 Å². The molecule has 1 amide bonds. The Bertz CT molecular complexity index is 667. The lowest BCUT2D eigenvalue weighted by molar-refractivity contribution is 0.102. The van der Waals surface area contributed by atoms with E-state index in [1.165, 1.54) is 25.6 Å². The third kappa shape index (κ3) is 3.39. The second-order valence-electron chi connectivity index (χ2n) is 5.48. The van der Waals surface area contributed by atoms with Gasteiger partial charge in [-0.05, 0) is 43.9 Å². The maximum absolute atomic E-state index is 12.3. The van der Waals surface area contributed by atoms with E-state index in [2.05, 4.69) is 25.2 Å². The van der Waals surface area contributed by atoms with Crippen molar-refractivity contribution in [2.24, 2.45) is 0 Å². The van der Waals surface area contributed by atoms with Crippen LogP contribution in [0.3, 0.4) is 0 Å². The van der Waals surface area contributed by atoms with Gasteiger partial charge in [-0.2, -0.15) is 0 Å². The van der Waals surface area contributed by atoms with Crippen LogP contribution in [-0.4, -0.2) is 33.9 Å². The number of nitrogens with zero attached hydrogens (tertiary/aromatic N) is 4. The maximum atomic E-state index is 12.3. The molecule has 6 nitrogen and oxygen atoms in total. The molecule has 6 heteroatoms. The molecule has 2 aromatic heterocycles. The van der Waals surface area contributed by atoms with Crippen molar-refractivity contribution in [3.8, 4) is 0 Å². The number of hydrogen-bond acceptors (Lipinski definition) is 5. The number of amides is 1. The molecule has 1 saturated heterocycles. The lowest BCUT2D eigenvalue weighted by Gasteiger charge is -2.27. The lowest BCUT2D eigenvalue weighted by Crippen LogP contribution is -2.30. The summed E-state index contributed by atoms with van der Waals surface area (Å²) >= 11 is 0. The lowest BCUT2D eigenvalue weighted by atomic mass is 10.1. The van der Waals surface area contributed by atoms with Gasteiger partial charge >= 0.3 is 0 Å². The van der Waals surface area contributed by atoms with Crippen LogP contribution in [0.5, 0.6) is 0 Å². The van der Waals surface area contributed by atoms with Gasteiger partial charge in [-0.1, -0.05) is 0 Å². The summed E-state index contributed by atoms with van der Waals surface area (Å²) in [7, 11) is 0. The molecule has 1 fully saturated rings. The van der Waals surface area contributed by atoms with Crippen LogP contribution in [0.25, 0.3) is 0 Å². The van der Waals surface area contributed by atoms with Gasteiger partial charge in [0.2, 0.25) is 0 Å². The summed E-state index contributed by atoms with van der Waals surface area (Å²) in [4.78, 5) is 27.0. The van der Waals surface area contributed by atoms with Gasteiger partial charge in [0, 0.05) is 25.4 Å². The minimum Gasteiger partial charge on any atom is -0.357 e. The first-order valence-electron chi connectivity index (χ1n) is 7.53. The zero-order chi connectivity index (χ0) is 15.4. The zero-order valence-electron chi connectivity index (χ0n) is 12.6. The van der Waals surface area contributed by atoms with E-state index in [1.54, 1.807) is 12.3 Å². The van der Waals surface area contributed by atoms with E-state index in [4.69, 9.17) is 0 Å². The minimum atomic E-state index is -0.265. The Balaban J connectivity index is 1.75. The number of aromatic nitrogens is 3. The maximum Gasteiger partial charge on any atom is 0.275 e. The summed E-state index contributed by atoms with van der Waals surface area (Å²) in [6.45, 7) is 3.92. The molecule has 0 atom stereocenters. The third-order valence-electron chi connectivity index (χ3n) is 3.72. The average molecular weight is 297 g/mol. The summed E-state index contributed by atoms with van der Waals surface area (Å²) in [6.07, 6.45) is 6.71. The van der Waals surface area contributed by atoms with Crippen LogP contribution in [0, 0.1) is 6.92 Å². The predicted octanol–water partition coefficient (Wildman–Crippen LogP) is 2.42. The topological polar surface area (TPSA) is 71.0 Å². The van der Waals surface area contributed by atoms with Crippen LogP contribution in [-0.2, 0) is 0 Å². The number of carbonyl (C=O) groups excluding carboxylic acids is 1. The van der Waals surface area contributed by atoms with E-state index < -0.39 is 0 Å². The van der Waals surface area contributed by atoms with Crippen molar-refractivity contribution in [2.75, 3.05) is 23.3 Å². The first-order valence-corrected chi connectivity index (χ1v) is 7.53. The van der Waals surface area contributed by atoms with Gasteiger partial charge in [-0.25, -0.2) is 15.0 Å². The molecular formula is C16H19N5O. The number of rotatable bonds is 3. The van der Waals surface area contributed by atoms with Crippen molar-refractivity contribution in [2.45, 2.75) is 26.2 Å². The highest BCUT2D eigenvalue weighted by molar-refractivity contribution is 6.02. The molecule has 0 radical (unpaired) electrons. The number of aryl methyl sites for hydroxylation is 1. The monoisotopic (exact) mass is 297 g/mol. The quantitative estimate of drug-likeness (QED) is 0.942. The van der Waals surface area contributed by atoms with Gasteiger partial charge in [-0.3, -0.25) is 4.79 Å². The van der Waals surface area contributed by atoms with Gasteiger partial charge in [0.05, 0.1) is 0 Å². The van der Waals surface area contributed by atoms with E-state index in [1.807, 2.05) is 19.1 Å². The van der Waals surface area contributed by atoms with Gasteiger partial charge in [0.25, 0.3) is 5.91 Å². The Hall–Kier alpha value is -2.50. The number of hydrogen-bond donors (Lipinski definition) is 1. The van der Waals surface area contributed by atoms with Crippen molar-refractivity contribution in [1.82, 2.24) is 15.0 Å². The Morgan fingerprint density at radius 3 is 2.73 bits per heavy atom. The van der Waals surface area contributed by atoms with Crippen LogP contribution < -0.4 is 10.2 Å². The van der Waals surface area contributed by atoms with Crippen LogP contribution in [0.1, 0.15) is 35.3 Å². The van der Waals surface area contributed by atoms with Gasteiger partial charge in [0.15, 0.2) is 0 Å². The highest BCUT2D eigenvalue weighted by Gasteiger charge is 2.15. The third-order valence-corrected chi connectivity index (χ3v) is 3.72. The second-order valence-corrected chi connectivity index (χ2v) is 5.48. The molecule has 114 valence electrons. The summed E-state index contributed by atoms with van der Waals surface area (Å²) in [5.41, 5.74) is 1.40. The molecule has 3 rings (SSSR count). The number of pyridine rings is 1. The molecule has 1 N–H and O–H groups in total. The zero-order valence-corrected chi connectivity index (χ0v) is 12.6. The summed E-state index contributed by atoms with van der Waals surface area (Å²) in [5, 5.41) is 2.77. The fraction of sp³-hybridized carbons (Fsp3) is 0.375. The first-order chi connectivity index (χ1) is 10.7. The fourth-order valence-corrected chi connectivity index (χ4v) is 2.55. The molecule has 0 spiro atoms. The van der Waals surface area contributed by atoms with Crippen LogP contribution in [0.4, 0.5) is 11.6 Å². The SMILES string of the molecule is Cc1ccnc(NC(=O)c2cc(N3CCCCC3)ncn2)c1. The summed E-state index contributed by atoms with van der Waals surface area (Å²) in [5.74, 6) is 1.08. The van der Waals surface area contributed by atoms with Crippen molar-refractivity contribution < 1.29 is 4.79 Å². The van der Waals surface area contributed by atoms with Crippen molar-refractivity contribution in [3.05, 3.63) is 42.0 Å². The number of carbonyl (C=O) groups is 1. The summed E-state index contributed by atoms with van der Waals surface area (Å²) < 4.78 is 0. The molecular weight excluding hydrogens is 278 g/mol. The molecule has 0 unspecified atom stereocenters. The van der Waals surface area contributed by atoms with E-state index >= 15 is 0 Å². The van der Waals surface area contributed by atoms with Gasteiger partial charge < -0.3 is 10.2 Å². The largest absolute Gasteiger partial charge is 0.357 e. The van der Waals surface area contributed by atoms with Crippen LogP contribution in [0.15, 0.2) is 30.7 Å². The van der Waals surface area contributed by atoms with Crippen LogP contribution >= 0.6 is 0 Å². The Morgan fingerprint density at radius 2 is 1.95 bits per heavy atom. The number of anilines is 2. The smallest absolute Gasteiger partial charge is 0.275 e. The summed E-state index contributed by atoms with van der Waals surface area (Å²) in [6, 6.07) is 5.45. The fourth-order valence-electron chi connectivity index (χ4n) is 2.55. The van der Waals surface area contributed by atoms with E-state index in [0.717, 1.165) is 24.5 Å². The Kier molecular flexibility index (Phi) is 4.27. The standard InChI is InChI=1S/C16H19N5O/c1-12-5-6-17-14(9-12)20-16(22)13-10-15(19-11-18-13)21-7-3-2-4-8-21/h5-6,9-11H,2-4,7-8H2,1H3,(H,17,20,22). The highest BCUT2D eigenvalue weighted by Crippen LogP contribution is 2.18. The molecule has 1 aliphatic rings. The molecule has 22 heavy (non-hydrogen) atoms. The van der Waals surface area contributed by atoms with Gasteiger partial charge in [0.1, 0.15) is 23.7 Å².